The minimum Gasteiger partial charge on any atom is -0.294 e. The highest BCUT2D eigenvalue weighted by Crippen LogP contribution is 1.96. The maximum atomic E-state index is 10.1. The number of allylic oxidation sites excluding steroid dienone is 2. The van der Waals surface area contributed by atoms with E-state index < -0.39 is 0 Å². The summed E-state index contributed by atoms with van der Waals surface area (Å²) in [6.07, 6.45) is 3.47. The van der Waals surface area contributed by atoms with E-state index in [0.29, 0.717) is 0 Å². The zero-order chi connectivity index (χ0) is 5.28. The number of ketones is 2. The first kappa shape index (κ1) is 4.24. The Labute approximate surface area is 40.8 Å². The molecule has 0 spiro atoms. The van der Waals surface area contributed by atoms with Crippen LogP contribution in [0.15, 0.2) is 6.08 Å². The van der Waals surface area contributed by atoms with Crippen LogP contribution in [0.2, 0.25) is 0 Å². The normalized spacial score (nSPS) is 18.9. The molecular weight excluding hydrogens is 92.1 g/mol. The van der Waals surface area contributed by atoms with Gasteiger partial charge in [-0.1, -0.05) is 0 Å². The molecular formula is C5H3O2. The minimum atomic E-state index is -0.204. The molecule has 0 amide bonds. The van der Waals surface area contributed by atoms with Crippen LogP contribution in [0.25, 0.3) is 0 Å². The van der Waals surface area contributed by atoms with E-state index in [1.807, 2.05) is 0 Å². The monoisotopic (exact) mass is 95.0 g/mol. The number of carbonyl (C=O) groups excluding carboxylic acids is 2. The van der Waals surface area contributed by atoms with E-state index in [2.05, 4.69) is 6.08 Å². The molecule has 2 nitrogen and oxygen atoms in total. The molecule has 0 heterocycles. The maximum Gasteiger partial charge on any atom is 0.171 e. The summed E-state index contributed by atoms with van der Waals surface area (Å²) < 4.78 is 0. The van der Waals surface area contributed by atoms with Gasteiger partial charge in [-0.3, -0.25) is 9.59 Å². The number of hydrogen-bond acceptors (Lipinski definition) is 2. The van der Waals surface area contributed by atoms with Crippen LogP contribution >= 0.6 is 0 Å². The Bertz CT molecular complexity index is 128. The van der Waals surface area contributed by atoms with Gasteiger partial charge in [0.1, 0.15) is 0 Å². The van der Waals surface area contributed by atoms with Crippen LogP contribution in [0.4, 0.5) is 0 Å². The maximum absolute atomic E-state index is 10.1. The van der Waals surface area contributed by atoms with Crippen molar-refractivity contribution in [1.29, 1.82) is 0 Å². The van der Waals surface area contributed by atoms with Crippen LogP contribution in [0.5, 0.6) is 0 Å². The second-order valence-electron chi connectivity index (χ2n) is 1.35. The topological polar surface area (TPSA) is 34.1 Å². The molecule has 0 aromatic carbocycles. The first-order valence-corrected chi connectivity index (χ1v) is 1.94. The SMILES string of the molecule is O=C1[C]=CC(=O)C1. The second-order valence-corrected chi connectivity index (χ2v) is 1.35. The smallest absolute Gasteiger partial charge is 0.171 e. The predicted molar refractivity (Wildman–Crippen MR) is 22.4 cm³/mol. The van der Waals surface area contributed by atoms with Crippen LogP contribution in [-0.4, -0.2) is 11.6 Å². The fourth-order valence-corrected chi connectivity index (χ4v) is 0.421. The standard InChI is InChI=1S/C5H3O2/c6-4-1-2-5(7)3-4/h1H,3H2. The summed E-state index contributed by atoms with van der Waals surface area (Å²) in [5, 5.41) is 0. The van der Waals surface area contributed by atoms with Crippen molar-refractivity contribution in [3.05, 3.63) is 12.2 Å². The highest BCUT2D eigenvalue weighted by Gasteiger charge is 2.10. The highest BCUT2D eigenvalue weighted by molar-refractivity contribution is 6.13. The summed E-state index contributed by atoms with van der Waals surface area (Å²) in [5.74, 6) is -0.338. The quantitative estimate of drug-likeness (QED) is 0.393. The summed E-state index contributed by atoms with van der Waals surface area (Å²) >= 11 is 0. The summed E-state index contributed by atoms with van der Waals surface area (Å²) in [4.78, 5) is 20.2. The lowest BCUT2D eigenvalue weighted by Gasteiger charge is -1.71. The van der Waals surface area contributed by atoms with Crippen molar-refractivity contribution in [3.63, 3.8) is 0 Å². The van der Waals surface area contributed by atoms with E-state index in [-0.39, 0.29) is 18.0 Å². The third-order valence-electron chi connectivity index (χ3n) is 0.729. The molecule has 0 unspecified atom stereocenters. The third-order valence-corrected chi connectivity index (χ3v) is 0.729. The highest BCUT2D eigenvalue weighted by atomic mass is 16.1. The van der Waals surface area contributed by atoms with Crippen LogP contribution in [0.1, 0.15) is 6.42 Å². The molecule has 0 aromatic rings. The van der Waals surface area contributed by atoms with E-state index in [9.17, 15) is 9.59 Å². The van der Waals surface area contributed by atoms with Gasteiger partial charge in [-0.15, -0.1) is 0 Å². The van der Waals surface area contributed by atoms with Crippen molar-refractivity contribution in [1.82, 2.24) is 0 Å². The Kier molecular flexibility index (Phi) is 0.785. The summed E-state index contributed by atoms with van der Waals surface area (Å²) in [5.41, 5.74) is 0. The first-order chi connectivity index (χ1) is 3.29. The van der Waals surface area contributed by atoms with Crippen molar-refractivity contribution in [2.24, 2.45) is 0 Å². The second kappa shape index (κ2) is 1.30. The molecule has 1 radical (unpaired) electrons. The Morgan fingerprint density at radius 2 is 2.29 bits per heavy atom. The van der Waals surface area contributed by atoms with Crippen LogP contribution in [-0.2, 0) is 9.59 Å². The van der Waals surface area contributed by atoms with Crippen LogP contribution in [0.3, 0.4) is 0 Å². The van der Waals surface area contributed by atoms with E-state index in [1.165, 1.54) is 6.08 Å². The number of rotatable bonds is 0. The molecule has 7 heavy (non-hydrogen) atoms. The van der Waals surface area contributed by atoms with Gasteiger partial charge in [0, 0.05) is 6.08 Å². The molecule has 0 bridgehead atoms. The average Bonchev–Trinajstić information content (AvgIpc) is 1.87. The fourth-order valence-electron chi connectivity index (χ4n) is 0.421. The van der Waals surface area contributed by atoms with Crippen molar-refractivity contribution in [2.75, 3.05) is 0 Å². The van der Waals surface area contributed by atoms with Gasteiger partial charge in [-0.05, 0) is 6.08 Å². The van der Waals surface area contributed by atoms with Crippen LogP contribution < -0.4 is 0 Å². The van der Waals surface area contributed by atoms with Crippen molar-refractivity contribution < 1.29 is 9.59 Å². The Balaban J connectivity index is 2.76. The number of Topliss-reactive ketones (excluding diaryl/α,β-unsaturated/α-hetero) is 1. The van der Waals surface area contributed by atoms with Gasteiger partial charge in [0.2, 0.25) is 0 Å². The van der Waals surface area contributed by atoms with Gasteiger partial charge in [-0.2, -0.15) is 0 Å². The van der Waals surface area contributed by atoms with Crippen molar-refractivity contribution >= 4 is 11.6 Å². The van der Waals surface area contributed by atoms with Gasteiger partial charge < -0.3 is 0 Å². The van der Waals surface area contributed by atoms with E-state index in [4.69, 9.17) is 0 Å². The molecule has 1 aliphatic rings. The van der Waals surface area contributed by atoms with Gasteiger partial charge in [0.05, 0.1) is 6.42 Å². The lowest BCUT2D eigenvalue weighted by molar-refractivity contribution is -0.120. The Morgan fingerprint density at radius 3 is 2.43 bits per heavy atom. The van der Waals surface area contributed by atoms with Gasteiger partial charge >= 0.3 is 0 Å². The fraction of sp³-hybridized carbons (Fsp3) is 0.200. The van der Waals surface area contributed by atoms with E-state index in [1.54, 1.807) is 0 Å². The average molecular weight is 95.1 g/mol. The zero-order valence-corrected chi connectivity index (χ0v) is 3.60. The molecule has 0 saturated carbocycles. The largest absolute Gasteiger partial charge is 0.294 e. The number of hydrogen-bond donors (Lipinski definition) is 0. The molecule has 0 N–H and O–H groups in total. The van der Waals surface area contributed by atoms with Crippen molar-refractivity contribution in [2.45, 2.75) is 6.42 Å². The lowest BCUT2D eigenvalue weighted by atomic mass is 10.3. The van der Waals surface area contributed by atoms with Gasteiger partial charge in [-0.25, -0.2) is 0 Å². The number of carbonyl (C=O) groups is 2. The van der Waals surface area contributed by atoms with Crippen molar-refractivity contribution in [3.8, 4) is 0 Å². The van der Waals surface area contributed by atoms with Crippen LogP contribution in [0, 0.1) is 6.08 Å². The van der Waals surface area contributed by atoms with Gasteiger partial charge in [0.25, 0.3) is 0 Å². The molecule has 1 rings (SSSR count). The van der Waals surface area contributed by atoms with Gasteiger partial charge in [0.15, 0.2) is 11.6 Å². The molecule has 0 atom stereocenters. The Morgan fingerprint density at radius 1 is 1.57 bits per heavy atom. The molecule has 0 aromatic heterocycles. The first-order valence-electron chi connectivity index (χ1n) is 1.94. The Hall–Kier alpha value is -0.920. The molecule has 0 fully saturated rings. The third kappa shape index (κ3) is 0.738. The summed E-state index contributed by atoms with van der Waals surface area (Å²) in [6, 6.07) is 0. The lowest BCUT2D eigenvalue weighted by Crippen LogP contribution is -1.90. The summed E-state index contributed by atoms with van der Waals surface area (Å²) in [7, 11) is 0. The van der Waals surface area contributed by atoms with E-state index in [0.717, 1.165) is 0 Å². The minimum absolute atomic E-state index is 0.0278. The molecule has 1 aliphatic carbocycles. The molecule has 0 aliphatic heterocycles. The predicted octanol–water partition coefficient (Wildman–Crippen LogP) is -0.112. The molecule has 2 heteroatoms. The van der Waals surface area contributed by atoms with E-state index >= 15 is 0 Å². The zero-order valence-electron chi connectivity index (χ0n) is 3.60. The molecule has 35 valence electrons. The summed E-state index contributed by atoms with van der Waals surface area (Å²) in [6.45, 7) is 0. The molecule has 0 saturated heterocycles.